The van der Waals surface area contributed by atoms with Crippen LogP contribution in [0.2, 0.25) is 0 Å². The van der Waals surface area contributed by atoms with E-state index in [0.717, 1.165) is 5.56 Å². The summed E-state index contributed by atoms with van der Waals surface area (Å²) < 4.78 is 0. The van der Waals surface area contributed by atoms with Gasteiger partial charge in [0.05, 0.1) is 10.5 Å². The van der Waals surface area contributed by atoms with E-state index in [2.05, 4.69) is 6.07 Å². The van der Waals surface area contributed by atoms with E-state index in [1.165, 1.54) is 6.07 Å². The van der Waals surface area contributed by atoms with Crippen LogP contribution >= 0.6 is 0 Å². The van der Waals surface area contributed by atoms with Crippen molar-refractivity contribution in [2.45, 2.75) is 0 Å². The molecule has 0 fully saturated rings. The van der Waals surface area contributed by atoms with Gasteiger partial charge in [0, 0.05) is 6.07 Å². The molecule has 0 saturated carbocycles. The Labute approximate surface area is 87.1 Å². The second-order valence-electron chi connectivity index (χ2n) is 3.06. The van der Waals surface area contributed by atoms with Crippen molar-refractivity contribution in [3.8, 4) is 11.1 Å². The summed E-state index contributed by atoms with van der Waals surface area (Å²) in [6.45, 7) is 0. The van der Waals surface area contributed by atoms with Gasteiger partial charge in [-0.25, -0.2) is 0 Å². The Morgan fingerprint density at radius 3 is 2.40 bits per heavy atom. The number of hydrogen-bond acceptors (Lipinski definition) is 2. The van der Waals surface area contributed by atoms with Gasteiger partial charge in [0.2, 0.25) is 0 Å². The van der Waals surface area contributed by atoms with Crippen molar-refractivity contribution in [2.24, 2.45) is 0 Å². The zero-order chi connectivity index (χ0) is 10.7. The number of nitro benzene ring substituents is 1. The van der Waals surface area contributed by atoms with E-state index in [0.29, 0.717) is 5.56 Å². The Kier molecular flexibility index (Phi) is 2.46. The largest absolute Gasteiger partial charge is 0.277 e. The van der Waals surface area contributed by atoms with Crippen molar-refractivity contribution in [3.05, 3.63) is 64.7 Å². The number of hydrogen-bond donors (Lipinski definition) is 0. The molecule has 0 aliphatic rings. The lowest BCUT2D eigenvalue weighted by Crippen LogP contribution is -1.90. The van der Waals surface area contributed by atoms with E-state index in [4.69, 9.17) is 0 Å². The third-order valence-corrected chi connectivity index (χ3v) is 2.13. The van der Waals surface area contributed by atoms with Crippen LogP contribution in [0.1, 0.15) is 0 Å². The molecule has 3 heteroatoms. The summed E-state index contributed by atoms with van der Waals surface area (Å²) in [6.07, 6.45) is 0. The van der Waals surface area contributed by atoms with Gasteiger partial charge in [-0.2, -0.15) is 0 Å². The predicted molar refractivity (Wildman–Crippen MR) is 57.4 cm³/mol. The van der Waals surface area contributed by atoms with Gasteiger partial charge in [0.25, 0.3) is 5.69 Å². The first-order chi connectivity index (χ1) is 7.29. The molecular formula is C12H8NO2. The highest BCUT2D eigenvalue weighted by Crippen LogP contribution is 2.28. The third-order valence-electron chi connectivity index (χ3n) is 2.13. The van der Waals surface area contributed by atoms with Crippen LogP contribution in [0.25, 0.3) is 11.1 Å². The van der Waals surface area contributed by atoms with E-state index < -0.39 is 0 Å². The van der Waals surface area contributed by atoms with Crippen molar-refractivity contribution in [1.29, 1.82) is 0 Å². The zero-order valence-corrected chi connectivity index (χ0v) is 7.88. The highest BCUT2D eigenvalue weighted by Gasteiger charge is 2.12. The topological polar surface area (TPSA) is 43.1 Å². The molecule has 2 aromatic rings. The molecular weight excluding hydrogens is 190 g/mol. The minimum absolute atomic E-state index is 0.128. The number of rotatable bonds is 2. The van der Waals surface area contributed by atoms with Crippen molar-refractivity contribution in [1.82, 2.24) is 0 Å². The summed E-state index contributed by atoms with van der Waals surface area (Å²) >= 11 is 0. The lowest BCUT2D eigenvalue weighted by atomic mass is 10.0. The molecule has 0 bridgehead atoms. The van der Waals surface area contributed by atoms with Crippen molar-refractivity contribution in [2.75, 3.05) is 0 Å². The fourth-order valence-corrected chi connectivity index (χ4v) is 1.44. The molecule has 0 aliphatic carbocycles. The smallest absolute Gasteiger partial charge is 0.258 e. The van der Waals surface area contributed by atoms with Gasteiger partial charge in [-0.05, 0) is 17.7 Å². The van der Waals surface area contributed by atoms with E-state index in [9.17, 15) is 10.1 Å². The molecule has 1 radical (unpaired) electrons. The first-order valence-corrected chi connectivity index (χ1v) is 4.49. The molecule has 0 amide bonds. The first kappa shape index (κ1) is 9.40. The Morgan fingerprint density at radius 2 is 1.73 bits per heavy atom. The molecule has 0 heterocycles. The van der Waals surface area contributed by atoms with Gasteiger partial charge >= 0.3 is 0 Å². The van der Waals surface area contributed by atoms with Crippen LogP contribution in [0.3, 0.4) is 0 Å². The van der Waals surface area contributed by atoms with Gasteiger partial charge in [-0.1, -0.05) is 36.4 Å². The summed E-state index contributed by atoms with van der Waals surface area (Å²) in [7, 11) is 0. The second kappa shape index (κ2) is 3.92. The molecule has 0 saturated heterocycles. The normalized spacial score (nSPS) is 9.87. The fourth-order valence-electron chi connectivity index (χ4n) is 1.44. The van der Waals surface area contributed by atoms with Gasteiger partial charge in [-0.15, -0.1) is 0 Å². The van der Waals surface area contributed by atoms with Crippen molar-refractivity contribution < 1.29 is 4.92 Å². The Morgan fingerprint density at radius 1 is 1.07 bits per heavy atom. The molecule has 73 valence electrons. The standard InChI is InChI=1S/C12H8NO2/c14-13(15)12-9-5-4-8-11(12)10-6-2-1-3-7-10/h2-9H. The minimum atomic E-state index is -0.369. The first-order valence-electron chi connectivity index (χ1n) is 4.49. The SMILES string of the molecule is O=[N+]([O-])c1ccccc1-c1cc[c]cc1. The van der Waals surface area contributed by atoms with Crippen molar-refractivity contribution in [3.63, 3.8) is 0 Å². The van der Waals surface area contributed by atoms with Crippen LogP contribution in [0.15, 0.2) is 48.5 Å². The second-order valence-corrected chi connectivity index (χ2v) is 3.06. The van der Waals surface area contributed by atoms with Gasteiger partial charge in [-0.3, -0.25) is 10.1 Å². The Balaban J connectivity index is 2.58. The lowest BCUT2D eigenvalue weighted by molar-refractivity contribution is -0.384. The maximum absolute atomic E-state index is 10.8. The van der Waals surface area contributed by atoms with Gasteiger partial charge in [0.15, 0.2) is 0 Å². The Bertz CT molecular complexity index is 480. The van der Waals surface area contributed by atoms with Crippen LogP contribution in [0.4, 0.5) is 5.69 Å². The molecule has 0 spiro atoms. The van der Waals surface area contributed by atoms with Crippen LogP contribution in [0.5, 0.6) is 0 Å². The average Bonchev–Trinajstić information content (AvgIpc) is 2.30. The van der Waals surface area contributed by atoms with Crippen LogP contribution in [-0.2, 0) is 0 Å². The summed E-state index contributed by atoms with van der Waals surface area (Å²) in [4.78, 5) is 10.4. The molecule has 0 aliphatic heterocycles. The molecule has 0 unspecified atom stereocenters. The average molecular weight is 198 g/mol. The van der Waals surface area contributed by atoms with E-state index in [1.54, 1.807) is 30.3 Å². The molecule has 15 heavy (non-hydrogen) atoms. The molecule has 3 nitrogen and oxygen atoms in total. The molecule has 0 N–H and O–H groups in total. The highest BCUT2D eigenvalue weighted by molar-refractivity contribution is 5.73. The van der Waals surface area contributed by atoms with E-state index in [1.807, 2.05) is 12.1 Å². The van der Waals surface area contributed by atoms with E-state index >= 15 is 0 Å². The monoisotopic (exact) mass is 198 g/mol. The maximum Gasteiger partial charge on any atom is 0.277 e. The molecule has 0 aromatic heterocycles. The maximum atomic E-state index is 10.8. The van der Waals surface area contributed by atoms with Crippen LogP contribution in [0, 0.1) is 16.2 Å². The summed E-state index contributed by atoms with van der Waals surface area (Å²) in [5.74, 6) is 0. The summed E-state index contributed by atoms with van der Waals surface area (Å²) in [5, 5.41) is 10.8. The lowest BCUT2D eigenvalue weighted by Gasteiger charge is -2.01. The molecule has 2 rings (SSSR count). The number of benzene rings is 2. The summed E-state index contributed by atoms with van der Waals surface area (Å²) in [6, 6.07) is 16.7. The van der Waals surface area contributed by atoms with Crippen LogP contribution < -0.4 is 0 Å². The quantitative estimate of drug-likeness (QED) is 0.549. The van der Waals surface area contributed by atoms with Crippen LogP contribution in [-0.4, -0.2) is 4.92 Å². The van der Waals surface area contributed by atoms with E-state index in [-0.39, 0.29) is 10.6 Å². The Hall–Kier alpha value is -2.16. The number of nitrogens with zero attached hydrogens (tertiary/aromatic N) is 1. The van der Waals surface area contributed by atoms with Gasteiger partial charge in [0.1, 0.15) is 0 Å². The summed E-state index contributed by atoms with van der Waals surface area (Å²) in [5.41, 5.74) is 1.60. The van der Waals surface area contributed by atoms with Gasteiger partial charge < -0.3 is 0 Å². The highest BCUT2D eigenvalue weighted by atomic mass is 16.6. The minimum Gasteiger partial charge on any atom is -0.258 e. The molecule has 2 aromatic carbocycles. The number of para-hydroxylation sites is 1. The fraction of sp³-hybridized carbons (Fsp3) is 0. The van der Waals surface area contributed by atoms with Crippen molar-refractivity contribution >= 4 is 5.69 Å². The third kappa shape index (κ3) is 1.86. The molecule has 0 atom stereocenters. The zero-order valence-electron chi connectivity index (χ0n) is 7.88. The number of nitro groups is 1. The predicted octanol–water partition coefficient (Wildman–Crippen LogP) is 3.06.